The van der Waals surface area contributed by atoms with E-state index in [2.05, 4.69) is 17.6 Å². The van der Waals surface area contributed by atoms with Gasteiger partial charge in [-0.25, -0.2) is 0 Å². The molecule has 6 nitrogen and oxygen atoms in total. The van der Waals surface area contributed by atoms with E-state index in [4.69, 9.17) is 37.5 Å². The molecule has 0 aromatic heterocycles. The highest BCUT2D eigenvalue weighted by molar-refractivity contribution is 6.34. The third-order valence-electron chi connectivity index (χ3n) is 5.38. The number of carbonyl (C=O) groups is 2. The normalized spacial score (nSPS) is 16.5. The van der Waals surface area contributed by atoms with E-state index in [1.165, 1.54) is 0 Å². The molecular weight excluding hydrogens is 463 g/mol. The molecule has 2 N–H and O–H groups in total. The van der Waals surface area contributed by atoms with Crippen molar-refractivity contribution in [1.82, 2.24) is 10.6 Å². The van der Waals surface area contributed by atoms with Crippen molar-refractivity contribution >= 4 is 35.9 Å². The summed E-state index contributed by atoms with van der Waals surface area (Å²) in [6.45, 7) is 5.46. The van der Waals surface area contributed by atoms with E-state index in [9.17, 15) is 4.79 Å². The van der Waals surface area contributed by atoms with Crippen LogP contribution >= 0.6 is 23.2 Å². The van der Waals surface area contributed by atoms with Crippen molar-refractivity contribution in [2.45, 2.75) is 39.3 Å². The zero-order valence-corrected chi connectivity index (χ0v) is 21.3. The van der Waals surface area contributed by atoms with Gasteiger partial charge >= 0.3 is 0 Å². The molecule has 1 aliphatic rings. The van der Waals surface area contributed by atoms with Gasteiger partial charge in [0.15, 0.2) is 0 Å². The molecule has 2 atom stereocenters. The van der Waals surface area contributed by atoms with E-state index in [-0.39, 0.29) is 11.8 Å². The van der Waals surface area contributed by atoms with Gasteiger partial charge in [-0.2, -0.15) is 0 Å². The van der Waals surface area contributed by atoms with Gasteiger partial charge in [-0.15, -0.1) is 0 Å². The zero-order valence-electron chi connectivity index (χ0n) is 19.8. The largest absolute Gasteiger partial charge is 0.497 e. The molecule has 1 amide bonds. The highest BCUT2D eigenvalue weighted by atomic mass is 35.5. The van der Waals surface area contributed by atoms with Gasteiger partial charge in [0.05, 0.1) is 14.2 Å². The smallest absolute Gasteiger partial charge is 0.223 e. The Kier molecular flexibility index (Phi) is 13.5. The number of methoxy groups -OCH3 is 2. The van der Waals surface area contributed by atoms with E-state index < -0.39 is 0 Å². The highest BCUT2D eigenvalue weighted by Gasteiger charge is 2.29. The predicted octanol–water partition coefficient (Wildman–Crippen LogP) is 5.28. The number of ether oxygens (including phenoxy) is 2. The van der Waals surface area contributed by atoms with Crippen molar-refractivity contribution in [3.05, 3.63) is 57.6 Å². The summed E-state index contributed by atoms with van der Waals surface area (Å²) in [6, 6.07) is 11.2. The standard InChI is InChI=1S/C16H23NO3.C8H9Cl2N.CH2O/c1-11-5-4-6-15(11)16(18)17-10-12-7-13(19-2)9-14(8-12)20-3;1-11-5-6-2-7(9)4-8(10)3-6;1-2/h7-9,11,15H,4-6,10H2,1-3H3,(H,17,18);2-4,11H,5H2,1H3;1H2. The minimum absolute atomic E-state index is 0.164. The minimum Gasteiger partial charge on any atom is -0.497 e. The summed E-state index contributed by atoms with van der Waals surface area (Å²) in [4.78, 5) is 20.2. The Morgan fingerprint density at radius 1 is 0.939 bits per heavy atom. The lowest BCUT2D eigenvalue weighted by molar-refractivity contribution is -0.126. The first-order valence-electron chi connectivity index (χ1n) is 10.7. The van der Waals surface area contributed by atoms with Crippen LogP contribution in [0.15, 0.2) is 36.4 Å². The van der Waals surface area contributed by atoms with E-state index in [1.54, 1.807) is 20.3 Å². The molecule has 2 aromatic rings. The third kappa shape index (κ3) is 10.0. The highest BCUT2D eigenvalue weighted by Crippen LogP contribution is 2.31. The molecule has 2 aromatic carbocycles. The van der Waals surface area contributed by atoms with E-state index in [0.29, 0.717) is 22.5 Å². The van der Waals surface area contributed by atoms with Crippen LogP contribution in [0.2, 0.25) is 10.0 Å². The Morgan fingerprint density at radius 2 is 1.48 bits per heavy atom. The van der Waals surface area contributed by atoms with Gasteiger partial charge in [0.2, 0.25) is 5.91 Å². The van der Waals surface area contributed by atoms with Crippen LogP contribution in [0.25, 0.3) is 0 Å². The second-order valence-electron chi connectivity index (χ2n) is 7.76. The summed E-state index contributed by atoms with van der Waals surface area (Å²) < 4.78 is 10.5. The van der Waals surface area contributed by atoms with Crippen LogP contribution in [0.1, 0.15) is 37.3 Å². The van der Waals surface area contributed by atoms with Crippen LogP contribution in [-0.2, 0) is 22.7 Å². The Morgan fingerprint density at radius 3 is 1.94 bits per heavy atom. The van der Waals surface area contributed by atoms with E-state index in [1.807, 2.05) is 44.2 Å². The molecule has 0 heterocycles. The van der Waals surface area contributed by atoms with E-state index in [0.717, 1.165) is 48.4 Å². The predicted molar refractivity (Wildman–Crippen MR) is 134 cm³/mol. The molecule has 182 valence electrons. The molecule has 1 fully saturated rings. The molecule has 8 heteroatoms. The molecule has 0 radical (unpaired) electrons. The van der Waals surface area contributed by atoms with Crippen LogP contribution < -0.4 is 20.1 Å². The first-order chi connectivity index (χ1) is 15.9. The van der Waals surface area contributed by atoms with Gasteiger partial charge in [0.1, 0.15) is 18.3 Å². The molecule has 2 unspecified atom stereocenters. The molecular formula is C25H34Cl2N2O4. The van der Waals surface area contributed by atoms with Gasteiger partial charge in [0.25, 0.3) is 0 Å². The maximum Gasteiger partial charge on any atom is 0.223 e. The fourth-order valence-electron chi connectivity index (χ4n) is 3.74. The topological polar surface area (TPSA) is 76.7 Å². The lowest BCUT2D eigenvalue weighted by Crippen LogP contribution is -2.31. The molecule has 33 heavy (non-hydrogen) atoms. The number of amides is 1. The van der Waals surface area contributed by atoms with Crippen LogP contribution in [0, 0.1) is 11.8 Å². The summed E-state index contributed by atoms with van der Waals surface area (Å²) >= 11 is 11.5. The van der Waals surface area contributed by atoms with Gasteiger partial charge < -0.3 is 24.9 Å². The first kappa shape index (κ1) is 28.8. The van der Waals surface area contributed by atoms with E-state index >= 15 is 0 Å². The number of halogens is 2. The van der Waals surface area contributed by atoms with Crippen molar-refractivity contribution in [2.24, 2.45) is 11.8 Å². The number of rotatable bonds is 7. The quantitative estimate of drug-likeness (QED) is 0.544. The van der Waals surface area contributed by atoms with Crippen LogP contribution in [-0.4, -0.2) is 34.0 Å². The summed E-state index contributed by atoms with van der Waals surface area (Å²) in [5.41, 5.74) is 2.09. The monoisotopic (exact) mass is 496 g/mol. The number of hydrogen-bond acceptors (Lipinski definition) is 5. The average molecular weight is 497 g/mol. The summed E-state index contributed by atoms with van der Waals surface area (Å²) in [5, 5.41) is 7.41. The summed E-state index contributed by atoms with van der Waals surface area (Å²) in [7, 11) is 5.13. The second kappa shape index (κ2) is 15.5. The Bertz CT molecular complexity index is 837. The molecule has 0 saturated heterocycles. The molecule has 0 bridgehead atoms. The SMILES string of the molecule is C=O.CNCc1cc(Cl)cc(Cl)c1.COc1cc(CNC(=O)C2CCCC2C)cc(OC)c1. The maximum absolute atomic E-state index is 12.2. The average Bonchev–Trinajstić information content (AvgIpc) is 3.24. The van der Waals surface area contributed by atoms with Crippen LogP contribution in [0.5, 0.6) is 11.5 Å². The third-order valence-corrected chi connectivity index (χ3v) is 5.82. The van der Waals surface area contributed by atoms with Crippen molar-refractivity contribution < 1.29 is 19.1 Å². The number of benzene rings is 2. The lowest BCUT2D eigenvalue weighted by Gasteiger charge is -2.15. The summed E-state index contributed by atoms with van der Waals surface area (Å²) in [5.74, 6) is 2.31. The second-order valence-corrected chi connectivity index (χ2v) is 8.63. The molecule has 1 saturated carbocycles. The van der Waals surface area contributed by atoms with Gasteiger partial charge in [0, 0.05) is 35.1 Å². The minimum atomic E-state index is 0.164. The lowest BCUT2D eigenvalue weighted by atomic mass is 9.97. The Labute approximate surface area is 206 Å². The molecule has 3 rings (SSSR count). The van der Waals surface area contributed by atoms with Crippen molar-refractivity contribution in [2.75, 3.05) is 21.3 Å². The maximum atomic E-state index is 12.2. The number of hydrogen-bond donors (Lipinski definition) is 2. The van der Waals surface area contributed by atoms with Crippen LogP contribution in [0.4, 0.5) is 0 Å². The van der Waals surface area contributed by atoms with Crippen molar-refractivity contribution in [1.29, 1.82) is 0 Å². The van der Waals surface area contributed by atoms with Gasteiger partial charge in [-0.05, 0) is 67.3 Å². The zero-order chi connectivity index (χ0) is 24.8. The molecule has 1 aliphatic carbocycles. The fraction of sp³-hybridized carbons (Fsp3) is 0.440. The van der Waals surface area contributed by atoms with Gasteiger partial charge in [-0.1, -0.05) is 36.5 Å². The van der Waals surface area contributed by atoms with Gasteiger partial charge in [-0.3, -0.25) is 4.79 Å². The molecule has 0 aliphatic heterocycles. The van der Waals surface area contributed by atoms with Crippen molar-refractivity contribution in [3.63, 3.8) is 0 Å². The number of nitrogens with one attached hydrogen (secondary N) is 2. The van der Waals surface area contributed by atoms with Crippen LogP contribution in [0.3, 0.4) is 0 Å². The Hall–Kier alpha value is -2.28. The number of carbonyl (C=O) groups excluding carboxylic acids is 2. The van der Waals surface area contributed by atoms with Crippen molar-refractivity contribution in [3.8, 4) is 11.5 Å². The first-order valence-corrected chi connectivity index (χ1v) is 11.5. The molecule has 0 spiro atoms. The summed E-state index contributed by atoms with van der Waals surface area (Å²) in [6.07, 6.45) is 3.33. The fourth-order valence-corrected chi connectivity index (χ4v) is 4.31. The Balaban J connectivity index is 0.000000354.